The molecule has 4 nitrogen and oxygen atoms in total. The van der Waals surface area contributed by atoms with E-state index in [4.69, 9.17) is 9.47 Å². The minimum absolute atomic E-state index is 0. The van der Waals surface area contributed by atoms with Crippen LogP contribution in [0, 0.1) is 0 Å². The minimum atomic E-state index is -1.11. The van der Waals surface area contributed by atoms with Crippen LogP contribution in [0.2, 0.25) is 0 Å². The molecule has 2 aromatic rings. The number of methoxy groups -OCH3 is 1. The van der Waals surface area contributed by atoms with Gasteiger partial charge >= 0.3 is 0 Å². The maximum atomic E-state index is 11.6. The van der Waals surface area contributed by atoms with Gasteiger partial charge in [-0.1, -0.05) is 48.5 Å². The van der Waals surface area contributed by atoms with Crippen LogP contribution in [0.3, 0.4) is 0 Å². The number of benzene rings is 2. The SMILES string of the molecule is COc1ccccc1C[C@@](O)(c1ccccc1)[C@@H]1CNCCO1.Cl.Cl. The first-order valence-corrected chi connectivity index (χ1v) is 7.96. The molecule has 1 aliphatic rings. The monoisotopic (exact) mass is 385 g/mol. The summed E-state index contributed by atoms with van der Waals surface area (Å²) in [6.07, 6.45) is 0.136. The number of ether oxygens (including phenoxy) is 2. The Hall–Kier alpha value is -1.30. The molecule has 0 aliphatic carbocycles. The number of halogens is 2. The maximum Gasteiger partial charge on any atom is 0.122 e. The van der Waals surface area contributed by atoms with E-state index in [1.165, 1.54) is 0 Å². The first-order chi connectivity index (χ1) is 11.2. The van der Waals surface area contributed by atoms with Crippen LogP contribution in [0.4, 0.5) is 0 Å². The number of hydrogen-bond acceptors (Lipinski definition) is 4. The van der Waals surface area contributed by atoms with E-state index in [0.717, 1.165) is 23.4 Å². The molecule has 0 bridgehead atoms. The van der Waals surface area contributed by atoms with Crippen molar-refractivity contribution in [3.63, 3.8) is 0 Å². The van der Waals surface area contributed by atoms with Crippen LogP contribution in [0.5, 0.6) is 5.75 Å². The van der Waals surface area contributed by atoms with Crippen LogP contribution >= 0.6 is 24.8 Å². The van der Waals surface area contributed by atoms with Gasteiger partial charge in [0.1, 0.15) is 17.5 Å². The fourth-order valence-corrected chi connectivity index (χ4v) is 3.14. The van der Waals surface area contributed by atoms with Crippen molar-refractivity contribution in [2.24, 2.45) is 0 Å². The molecule has 0 radical (unpaired) electrons. The van der Waals surface area contributed by atoms with Crippen molar-refractivity contribution >= 4 is 24.8 Å². The van der Waals surface area contributed by atoms with Gasteiger partial charge in [-0.05, 0) is 17.2 Å². The quantitative estimate of drug-likeness (QED) is 0.830. The summed E-state index contributed by atoms with van der Waals surface area (Å²) in [5, 5.41) is 14.9. The third-order valence-electron chi connectivity index (χ3n) is 4.39. The summed E-state index contributed by atoms with van der Waals surface area (Å²) in [6, 6.07) is 17.5. The molecule has 25 heavy (non-hydrogen) atoms. The lowest BCUT2D eigenvalue weighted by atomic mass is 9.81. The number of rotatable bonds is 5. The molecule has 0 aromatic heterocycles. The molecule has 138 valence electrons. The van der Waals surface area contributed by atoms with Gasteiger partial charge in [0, 0.05) is 19.5 Å². The van der Waals surface area contributed by atoms with Gasteiger partial charge in [-0.2, -0.15) is 0 Å². The first kappa shape index (κ1) is 21.7. The fourth-order valence-electron chi connectivity index (χ4n) is 3.14. The Balaban J connectivity index is 0.00000156. The molecule has 1 fully saturated rings. The molecule has 2 atom stereocenters. The number of morpholine rings is 1. The molecule has 0 amide bonds. The second kappa shape index (κ2) is 10.00. The predicted octanol–water partition coefficient (Wildman–Crippen LogP) is 2.96. The van der Waals surface area contributed by atoms with E-state index >= 15 is 0 Å². The van der Waals surface area contributed by atoms with E-state index in [1.807, 2.05) is 54.6 Å². The Morgan fingerprint density at radius 3 is 2.44 bits per heavy atom. The van der Waals surface area contributed by atoms with Crippen molar-refractivity contribution in [3.8, 4) is 5.75 Å². The number of para-hydroxylation sites is 1. The van der Waals surface area contributed by atoms with Crippen LogP contribution in [0.15, 0.2) is 54.6 Å². The highest BCUT2D eigenvalue weighted by Gasteiger charge is 2.40. The van der Waals surface area contributed by atoms with Gasteiger partial charge in [-0.25, -0.2) is 0 Å². The number of nitrogens with one attached hydrogen (secondary N) is 1. The highest BCUT2D eigenvalue weighted by molar-refractivity contribution is 5.85. The maximum absolute atomic E-state index is 11.6. The van der Waals surface area contributed by atoms with Crippen molar-refractivity contribution in [2.45, 2.75) is 18.1 Å². The average molecular weight is 386 g/mol. The highest BCUT2D eigenvalue weighted by Crippen LogP contribution is 2.34. The molecule has 2 N–H and O–H groups in total. The molecule has 2 aromatic carbocycles. The molecule has 1 aliphatic heterocycles. The van der Waals surface area contributed by atoms with Gasteiger partial charge in [0.15, 0.2) is 0 Å². The predicted molar refractivity (Wildman–Crippen MR) is 104 cm³/mol. The minimum Gasteiger partial charge on any atom is -0.496 e. The van der Waals surface area contributed by atoms with E-state index in [2.05, 4.69) is 5.32 Å². The lowest BCUT2D eigenvalue weighted by Crippen LogP contribution is -2.52. The van der Waals surface area contributed by atoms with Crippen molar-refractivity contribution in [1.82, 2.24) is 5.32 Å². The second-order valence-corrected chi connectivity index (χ2v) is 5.84. The van der Waals surface area contributed by atoms with E-state index in [-0.39, 0.29) is 30.9 Å². The summed E-state index contributed by atoms with van der Waals surface area (Å²) in [7, 11) is 1.65. The Kier molecular flexibility index (Phi) is 8.69. The summed E-state index contributed by atoms with van der Waals surface area (Å²) in [5.41, 5.74) is 0.721. The Labute approximate surface area is 161 Å². The third-order valence-corrected chi connectivity index (χ3v) is 4.39. The third kappa shape index (κ3) is 4.87. The van der Waals surface area contributed by atoms with Gasteiger partial charge < -0.3 is 19.9 Å². The number of aliphatic hydroxyl groups is 1. The Bertz CT molecular complexity index is 636. The van der Waals surface area contributed by atoms with Gasteiger partial charge in [0.2, 0.25) is 0 Å². The molecular weight excluding hydrogens is 361 g/mol. The summed E-state index contributed by atoms with van der Waals surface area (Å²) < 4.78 is 11.3. The van der Waals surface area contributed by atoms with Crippen molar-refractivity contribution in [1.29, 1.82) is 0 Å². The molecule has 6 heteroatoms. The topological polar surface area (TPSA) is 50.7 Å². The fraction of sp³-hybridized carbons (Fsp3) is 0.368. The average Bonchev–Trinajstić information content (AvgIpc) is 2.63. The van der Waals surface area contributed by atoms with Crippen LogP contribution in [-0.2, 0) is 16.8 Å². The van der Waals surface area contributed by atoms with Crippen LogP contribution in [0.25, 0.3) is 0 Å². The van der Waals surface area contributed by atoms with E-state index < -0.39 is 5.60 Å². The smallest absolute Gasteiger partial charge is 0.122 e. The van der Waals surface area contributed by atoms with Gasteiger partial charge in [-0.15, -0.1) is 24.8 Å². The van der Waals surface area contributed by atoms with Crippen LogP contribution < -0.4 is 10.1 Å². The molecule has 0 saturated carbocycles. The summed E-state index contributed by atoms with van der Waals surface area (Å²) in [5.74, 6) is 0.783. The van der Waals surface area contributed by atoms with Crippen molar-refractivity contribution < 1.29 is 14.6 Å². The molecule has 1 heterocycles. The first-order valence-electron chi connectivity index (χ1n) is 7.96. The van der Waals surface area contributed by atoms with Gasteiger partial charge in [-0.3, -0.25) is 0 Å². The van der Waals surface area contributed by atoms with E-state index in [9.17, 15) is 5.11 Å². The largest absolute Gasteiger partial charge is 0.496 e. The zero-order valence-corrected chi connectivity index (χ0v) is 15.8. The molecule has 0 spiro atoms. The molecule has 3 rings (SSSR count). The highest BCUT2D eigenvalue weighted by atomic mass is 35.5. The summed E-state index contributed by atoms with van der Waals surface area (Å²) in [4.78, 5) is 0. The Morgan fingerprint density at radius 1 is 1.12 bits per heavy atom. The summed E-state index contributed by atoms with van der Waals surface area (Å²) in [6.45, 7) is 2.04. The lowest BCUT2D eigenvalue weighted by molar-refractivity contribution is -0.124. The lowest BCUT2D eigenvalue weighted by Gasteiger charge is -2.39. The second-order valence-electron chi connectivity index (χ2n) is 5.84. The normalized spacial score (nSPS) is 19.0. The van der Waals surface area contributed by atoms with Gasteiger partial charge in [0.25, 0.3) is 0 Å². The Morgan fingerprint density at radius 2 is 1.80 bits per heavy atom. The molecular formula is C19H25Cl2NO3. The van der Waals surface area contributed by atoms with Crippen molar-refractivity contribution in [3.05, 3.63) is 65.7 Å². The number of hydrogen-bond donors (Lipinski definition) is 2. The standard InChI is InChI=1S/C19H23NO3.2ClH/c1-22-17-10-6-5-7-15(17)13-19(21,16-8-3-2-4-9-16)18-14-20-11-12-23-18;;/h2-10,18,20-21H,11-14H2,1H3;2*1H/t18-,19+;;/m0../s1. The van der Waals surface area contributed by atoms with E-state index in [1.54, 1.807) is 7.11 Å². The van der Waals surface area contributed by atoms with Crippen LogP contribution in [0.1, 0.15) is 11.1 Å². The van der Waals surface area contributed by atoms with Gasteiger partial charge in [0.05, 0.1) is 13.7 Å². The zero-order chi connectivity index (χ0) is 16.1. The van der Waals surface area contributed by atoms with E-state index in [0.29, 0.717) is 19.6 Å². The molecule has 1 saturated heterocycles. The van der Waals surface area contributed by atoms with Crippen LogP contribution in [-0.4, -0.2) is 38.0 Å². The zero-order valence-electron chi connectivity index (χ0n) is 14.2. The molecule has 0 unspecified atom stereocenters. The summed E-state index contributed by atoms with van der Waals surface area (Å²) >= 11 is 0. The van der Waals surface area contributed by atoms with Crippen molar-refractivity contribution in [2.75, 3.05) is 26.8 Å².